The quantitative estimate of drug-likeness (QED) is 0.401. The van der Waals surface area contributed by atoms with Crippen molar-refractivity contribution in [1.82, 2.24) is 4.98 Å². The van der Waals surface area contributed by atoms with Crippen molar-refractivity contribution in [2.24, 2.45) is 0 Å². The van der Waals surface area contributed by atoms with Crippen molar-refractivity contribution in [1.29, 1.82) is 0 Å². The Bertz CT molecular complexity index is 1200. The van der Waals surface area contributed by atoms with Gasteiger partial charge in [-0.15, -0.1) is 0 Å². The lowest BCUT2D eigenvalue weighted by atomic mass is 9.99. The molecule has 0 saturated carbocycles. The molecule has 4 heteroatoms. The van der Waals surface area contributed by atoms with Crippen molar-refractivity contribution in [3.63, 3.8) is 0 Å². The second-order valence-corrected chi connectivity index (χ2v) is 7.68. The minimum atomic E-state index is -0.156. The van der Waals surface area contributed by atoms with Crippen molar-refractivity contribution >= 4 is 38.4 Å². The van der Waals surface area contributed by atoms with Crippen LogP contribution in [-0.4, -0.2) is 10.9 Å². The molecule has 0 spiro atoms. The van der Waals surface area contributed by atoms with Gasteiger partial charge in [0.1, 0.15) is 0 Å². The van der Waals surface area contributed by atoms with E-state index in [-0.39, 0.29) is 5.91 Å². The van der Waals surface area contributed by atoms with Gasteiger partial charge in [0.25, 0.3) is 5.91 Å². The van der Waals surface area contributed by atoms with Gasteiger partial charge < -0.3 is 5.32 Å². The molecule has 1 aromatic heterocycles. The van der Waals surface area contributed by atoms with E-state index in [2.05, 4.69) is 53.3 Å². The van der Waals surface area contributed by atoms with Gasteiger partial charge >= 0.3 is 0 Å². The van der Waals surface area contributed by atoms with Crippen LogP contribution in [0.5, 0.6) is 0 Å². The first kappa shape index (κ1) is 18.4. The first-order valence-electron chi connectivity index (χ1n) is 9.06. The summed E-state index contributed by atoms with van der Waals surface area (Å²) in [7, 11) is 0. The van der Waals surface area contributed by atoms with Crippen LogP contribution in [0.25, 0.3) is 22.2 Å². The summed E-state index contributed by atoms with van der Waals surface area (Å²) in [6.07, 6.45) is 0. The molecule has 1 amide bonds. The Morgan fingerprint density at radius 2 is 1.68 bits per heavy atom. The molecule has 4 aromatic rings. The zero-order chi connectivity index (χ0) is 19.7. The lowest BCUT2D eigenvalue weighted by Crippen LogP contribution is -2.13. The number of para-hydroxylation sites is 2. The third-order valence-electron chi connectivity index (χ3n) is 4.74. The van der Waals surface area contributed by atoms with Crippen LogP contribution in [0.4, 0.5) is 5.69 Å². The Hall–Kier alpha value is -2.98. The number of pyridine rings is 1. The topological polar surface area (TPSA) is 42.0 Å². The molecule has 0 radical (unpaired) electrons. The molecule has 1 heterocycles. The minimum Gasteiger partial charge on any atom is -0.321 e. The maximum Gasteiger partial charge on any atom is 0.256 e. The summed E-state index contributed by atoms with van der Waals surface area (Å²) in [5, 5.41) is 3.84. The Kier molecular flexibility index (Phi) is 4.97. The highest BCUT2D eigenvalue weighted by Crippen LogP contribution is 2.29. The molecule has 4 rings (SSSR count). The number of carbonyl (C=O) groups excluding carboxylic acids is 1. The standard InChI is InChI=1S/C24H19BrN2O/c1-15-11-12-17(16(2)13-15)23-14-19(18-7-3-5-9-21(18)26-23)24(28)27-22-10-6-4-8-20(22)25/h3-14H,1-2H3,(H,27,28). The number of hydrogen-bond acceptors (Lipinski definition) is 2. The van der Waals surface area contributed by atoms with E-state index < -0.39 is 0 Å². The van der Waals surface area contributed by atoms with E-state index >= 15 is 0 Å². The minimum absolute atomic E-state index is 0.156. The summed E-state index contributed by atoms with van der Waals surface area (Å²) in [5.41, 5.74) is 6.32. The monoisotopic (exact) mass is 430 g/mol. The van der Waals surface area contributed by atoms with Gasteiger partial charge in [0.15, 0.2) is 0 Å². The molecule has 0 aliphatic heterocycles. The highest BCUT2D eigenvalue weighted by Gasteiger charge is 2.16. The zero-order valence-electron chi connectivity index (χ0n) is 15.7. The Morgan fingerprint density at radius 3 is 2.46 bits per heavy atom. The number of halogens is 1. The van der Waals surface area contributed by atoms with E-state index in [9.17, 15) is 4.79 Å². The number of nitrogens with one attached hydrogen (secondary N) is 1. The molecule has 0 fully saturated rings. The number of carbonyl (C=O) groups is 1. The predicted molar refractivity (Wildman–Crippen MR) is 119 cm³/mol. The number of aromatic nitrogens is 1. The van der Waals surface area contributed by atoms with Crippen LogP contribution in [0.3, 0.4) is 0 Å². The van der Waals surface area contributed by atoms with Crippen LogP contribution >= 0.6 is 15.9 Å². The van der Waals surface area contributed by atoms with Crippen molar-refractivity contribution in [3.05, 3.63) is 94.0 Å². The fourth-order valence-corrected chi connectivity index (χ4v) is 3.74. The zero-order valence-corrected chi connectivity index (χ0v) is 17.2. The first-order chi connectivity index (χ1) is 13.5. The Balaban J connectivity index is 1.85. The van der Waals surface area contributed by atoms with Crippen LogP contribution in [-0.2, 0) is 0 Å². The molecule has 1 N–H and O–H groups in total. The summed E-state index contributed by atoms with van der Waals surface area (Å²) >= 11 is 3.49. The third-order valence-corrected chi connectivity index (χ3v) is 5.43. The van der Waals surface area contributed by atoms with E-state index in [0.717, 1.165) is 37.9 Å². The van der Waals surface area contributed by atoms with Crippen molar-refractivity contribution < 1.29 is 4.79 Å². The van der Waals surface area contributed by atoms with Gasteiger partial charge in [-0.25, -0.2) is 4.98 Å². The van der Waals surface area contributed by atoms with Gasteiger partial charge in [0.05, 0.1) is 22.5 Å². The van der Waals surface area contributed by atoms with Crippen LogP contribution < -0.4 is 5.32 Å². The van der Waals surface area contributed by atoms with Gasteiger partial charge in [-0.1, -0.05) is 54.1 Å². The molecule has 0 saturated heterocycles. The maximum absolute atomic E-state index is 13.1. The predicted octanol–water partition coefficient (Wildman–Crippen LogP) is 6.53. The third kappa shape index (κ3) is 3.56. The number of nitrogens with zero attached hydrogens (tertiary/aromatic N) is 1. The van der Waals surface area contributed by atoms with Crippen molar-refractivity contribution in [2.75, 3.05) is 5.32 Å². The molecule has 0 bridgehead atoms. The molecular formula is C24H19BrN2O. The van der Waals surface area contributed by atoms with Gasteiger partial charge in [-0.3, -0.25) is 4.79 Å². The Labute approximate surface area is 172 Å². The van der Waals surface area contributed by atoms with E-state index in [1.807, 2.05) is 54.6 Å². The summed E-state index contributed by atoms with van der Waals surface area (Å²) in [4.78, 5) is 18.0. The van der Waals surface area contributed by atoms with E-state index in [4.69, 9.17) is 4.98 Å². The highest BCUT2D eigenvalue weighted by molar-refractivity contribution is 9.10. The van der Waals surface area contributed by atoms with Gasteiger partial charge in [-0.05, 0) is 59.6 Å². The Morgan fingerprint density at radius 1 is 0.929 bits per heavy atom. The molecule has 138 valence electrons. The fraction of sp³-hybridized carbons (Fsp3) is 0.0833. The molecular weight excluding hydrogens is 412 g/mol. The van der Waals surface area contributed by atoms with Gasteiger partial charge in [0, 0.05) is 15.4 Å². The highest BCUT2D eigenvalue weighted by atomic mass is 79.9. The van der Waals surface area contributed by atoms with Crippen LogP contribution in [0, 0.1) is 13.8 Å². The molecule has 0 aliphatic carbocycles. The number of amides is 1. The summed E-state index contributed by atoms with van der Waals surface area (Å²) in [5.74, 6) is -0.156. The number of rotatable bonds is 3. The number of benzene rings is 3. The lowest BCUT2D eigenvalue weighted by Gasteiger charge is -2.13. The van der Waals surface area contributed by atoms with Crippen molar-refractivity contribution in [3.8, 4) is 11.3 Å². The molecule has 3 aromatic carbocycles. The molecule has 28 heavy (non-hydrogen) atoms. The van der Waals surface area contributed by atoms with E-state index in [1.165, 1.54) is 5.56 Å². The van der Waals surface area contributed by atoms with E-state index in [1.54, 1.807) is 0 Å². The maximum atomic E-state index is 13.1. The number of anilines is 1. The molecule has 0 unspecified atom stereocenters. The molecule has 3 nitrogen and oxygen atoms in total. The van der Waals surface area contributed by atoms with Crippen LogP contribution in [0.2, 0.25) is 0 Å². The largest absolute Gasteiger partial charge is 0.321 e. The fourth-order valence-electron chi connectivity index (χ4n) is 3.35. The lowest BCUT2D eigenvalue weighted by molar-refractivity contribution is 0.102. The summed E-state index contributed by atoms with van der Waals surface area (Å²) in [6, 6.07) is 23.5. The summed E-state index contributed by atoms with van der Waals surface area (Å²) < 4.78 is 0.844. The van der Waals surface area contributed by atoms with Crippen LogP contribution in [0.1, 0.15) is 21.5 Å². The normalized spacial score (nSPS) is 10.8. The average Bonchev–Trinajstić information content (AvgIpc) is 2.69. The number of hydrogen-bond donors (Lipinski definition) is 1. The second-order valence-electron chi connectivity index (χ2n) is 6.82. The van der Waals surface area contributed by atoms with Crippen molar-refractivity contribution in [2.45, 2.75) is 13.8 Å². The number of fused-ring (bicyclic) bond motifs is 1. The number of aryl methyl sites for hydroxylation is 2. The summed E-state index contributed by atoms with van der Waals surface area (Å²) in [6.45, 7) is 4.14. The van der Waals surface area contributed by atoms with E-state index in [0.29, 0.717) is 5.56 Å². The first-order valence-corrected chi connectivity index (χ1v) is 9.85. The van der Waals surface area contributed by atoms with Gasteiger partial charge in [0.2, 0.25) is 0 Å². The second kappa shape index (κ2) is 7.56. The molecule has 0 aliphatic rings. The van der Waals surface area contributed by atoms with Crippen LogP contribution in [0.15, 0.2) is 77.3 Å². The average molecular weight is 431 g/mol. The molecule has 0 atom stereocenters. The smallest absolute Gasteiger partial charge is 0.256 e. The van der Waals surface area contributed by atoms with Gasteiger partial charge in [-0.2, -0.15) is 0 Å². The SMILES string of the molecule is Cc1ccc(-c2cc(C(=O)Nc3ccccc3Br)c3ccccc3n2)c(C)c1.